The van der Waals surface area contributed by atoms with Crippen LogP contribution in [0.3, 0.4) is 0 Å². The van der Waals surface area contributed by atoms with Gasteiger partial charge in [-0.2, -0.15) is 0 Å². The third-order valence-electron chi connectivity index (χ3n) is 6.45. The monoisotopic (exact) mass is 539 g/mol. The summed E-state index contributed by atoms with van der Waals surface area (Å²) in [5, 5.41) is -0.288. The number of ether oxygens (including phenoxy) is 2. The molecule has 160 valence electrons. The molecule has 0 amide bonds. The van der Waals surface area contributed by atoms with Crippen molar-refractivity contribution < 1.29 is 19.1 Å². The molecule has 0 spiro atoms. The van der Waals surface area contributed by atoms with E-state index in [1.807, 2.05) is 55.3 Å². The maximum absolute atomic E-state index is 13.7. The van der Waals surface area contributed by atoms with Crippen LogP contribution in [0.2, 0.25) is 0 Å². The maximum atomic E-state index is 13.7. The van der Waals surface area contributed by atoms with E-state index < -0.39 is 9.53 Å². The van der Waals surface area contributed by atoms with Crippen molar-refractivity contribution in [3.8, 4) is 0 Å². The van der Waals surface area contributed by atoms with Crippen LogP contribution in [0.15, 0.2) is 47.4 Å². The molecular formula is C23H27INO4P. The zero-order valence-corrected chi connectivity index (χ0v) is 20.8. The molecular weight excluding hydrogens is 512 g/mol. The van der Waals surface area contributed by atoms with E-state index in [2.05, 4.69) is 41.7 Å². The van der Waals surface area contributed by atoms with Crippen LogP contribution in [-0.4, -0.2) is 48.2 Å². The van der Waals surface area contributed by atoms with Crippen molar-refractivity contribution in [2.45, 2.75) is 32.5 Å². The Labute approximate surface area is 190 Å². The zero-order chi connectivity index (χ0) is 21.8. The van der Waals surface area contributed by atoms with Gasteiger partial charge < -0.3 is 0 Å². The van der Waals surface area contributed by atoms with Gasteiger partial charge in [-0.05, 0) is 0 Å². The first-order valence-corrected chi connectivity index (χ1v) is 15.9. The first kappa shape index (κ1) is 21.6. The van der Waals surface area contributed by atoms with Gasteiger partial charge in [0.1, 0.15) is 0 Å². The SMILES string of the molecule is CCOC(=O)C1=C2c3ccccc3C=CN2C2(C(=O)OCC)CC=C(C)CP12(C)I. The first-order chi connectivity index (χ1) is 14.2. The van der Waals surface area contributed by atoms with Crippen LogP contribution in [0.1, 0.15) is 38.3 Å². The van der Waals surface area contributed by atoms with Crippen LogP contribution < -0.4 is 0 Å². The van der Waals surface area contributed by atoms with Gasteiger partial charge in [0.15, 0.2) is 0 Å². The van der Waals surface area contributed by atoms with Crippen molar-refractivity contribution in [2.75, 3.05) is 26.0 Å². The molecule has 1 aromatic carbocycles. The predicted molar refractivity (Wildman–Crippen MR) is 130 cm³/mol. The number of carbonyl (C=O) groups excluding carboxylic acids is 2. The Kier molecular flexibility index (Phi) is 5.17. The van der Waals surface area contributed by atoms with Gasteiger partial charge >= 0.3 is 191 Å². The average molecular weight is 539 g/mol. The van der Waals surface area contributed by atoms with Crippen molar-refractivity contribution in [1.82, 2.24) is 4.90 Å². The molecule has 3 aliphatic rings. The van der Waals surface area contributed by atoms with Gasteiger partial charge in [0.05, 0.1) is 0 Å². The molecule has 3 aliphatic heterocycles. The number of halogens is 1. The Balaban J connectivity index is 2.11. The molecule has 4 rings (SSSR count). The summed E-state index contributed by atoms with van der Waals surface area (Å²) in [6.45, 7) is 8.46. The van der Waals surface area contributed by atoms with Gasteiger partial charge in [-0.1, -0.05) is 0 Å². The number of hydrogen-bond donors (Lipinski definition) is 0. The number of fused-ring (bicyclic) bond motifs is 5. The van der Waals surface area contributed by atoms with Gasteiger partial charge in [0.25, 0.3) is 0 Å². The topological polar surface area (TPSA) is 55.8 Å². The van der Waals surface area contributed by atoms with E-state index in [4.69, 9.17) is 9.47 Å². The van der Waals surface area contributed by atoms with Gasteiger partial charge in [-0.25, -0.2) is 0 Å². The summed E-state index contributed by atoms with van der Waals surface area (Å²) < 4.78 is 8.03. The van der Waals surface area contributed by atoms with E-state index in [-0.39, 0.29) is 18.5 Å². The van der Waals surface area contributed by atoms with Crippen LogP contribution in [-0.2, 0) is 19.1 Å². The van der Waals surface area contributed by atoms with E-state index in [0.29, 0.717) is 24.5 Å². The molecule has 7 heteroatoms. The molecule has 0 N–H and O–H groups in total. The van der Waals surface area contributed by atoms with Crippen LogP contribution in [0.5, 0.6) is 0 Å². The molecule has 1 unspecified atom stereocenters. The minimum absolute atomic E-state index is 0.260. The molecule has 0 saturated heterocycles. The summed E-state index contributed by atoms with van der Waals surface area (Å²) in [6, 6.07) is 8.01. The first-order valence-electron chi connectivity index (χ1n) is 10.2. The quantitative estimate of drug-likeness (QED) is 0.223. The number of nitrogens with zero attached hydrogens (tertiary/aromatic N) is 1. The second-order valence-electron chi connectivity index (χ2n) is 8.29. The summed E-state index contributed by atoms with van der Waals surface area (Å²) in [5.41, 5.74) is 3.99. The van der Waals surface area contributed by atoms with Gasteiger partial charge in [-0.15, -0.1) is 0 Å². The van der Waals surface area contributed by atoms with Gasteiger partial charge in [0.2, 0.25) is 0 Å². The molecule has 3 heterocycles. The normalized spacial score (nSPS) is 26.5. The van der Waals surface area contributed by atoms with Crippen LogP contribution >= 0.6 is 26.3 Å². The molecule has 1 atom stereocenters. The van der Waals surface area contributed by atoms with Crippen molar-refractivity contribution >= 4 is 50.0 Å². The zero-order valence-electron chi connectivity index (χ0n) is 17.8. The number of esters is 2. The van der Waals surface area contributed by atoms with E-state index in [1.54, 1.807) is 0 Å². The van der Waals surface area contributed by atoms with Gasteiger partial charge in [-0.3, -0.25) is 0 Å². The third-order valence-corrected chi connectivity index (χ3v) is 16.6. The number of hydrogen-bond acceptors (Lipinski definition) is 5. The third kappa shape index (κ3) is 2.62. The van der Waals surface area contributed by atoms with Crippen molar-refractivity contribution in [3.63, 3.8) is 0 Å². The number of allylic oxidation sites excluding steroid dienone is 1. The van der Waals surface area contributed by atoms with Crippen molar-refractivity contribution in [1.29, 1.82) is 0 Å². The number of benzene rings is 1. The Morgan fingerprint density at radius 3 is 2.60 bits per heavy atom. The second kappa shape index (κ2) is 7.20. The Morgan fingerprint density at radius 1 is 1.20 bits per heavy atom. The van der Waals surface area contributed by atoms with Crippen molar-refractivity contribution in [3.05, 3.63) is 58.6 Å². The molecule has 0 bridgehead atoms. The standard InChI is InChI=1S/C23H27INO4P/c1-5-28-21(26)20-19-18-10-8-7-9-17(18)12-14-25(19)23(22(27)29-6-2)13-11-16(3)15-30(20,23,4)24/h7-12,14H,5-6,13,15H2,1-4H3. The van der Waals surface area contributed by atoms with E-state index in [9.17, 15) is 9.59 Å². The molecule has 1 aromatic rings. The van der Waals surface area contributed by atoms with E-state index in [1.165, 1.54) is 5.57 Å². The summed E-state index contributed by atoms with van der Waals surface area (Å²) in [4.78, 5) is 29.3. The summed E-state index contributed by atoms with van der Waals surface area (Å²) in [6.07, 6.45) is 7.29. The molecule has 0 radical (unpaired) electrons. The molecule has 0 aliphatic carbocycles. The van der Waals surface area contributed by atoms with Gasteiger partial charge in [0, 0.05) is 0 Å². The molecule has 5 nitrogen and oxygen atoms in total. The summed E-state index contributed by atoms with van der Waals surface area (Å²) in [7, 11) is 0. The number of carbonyl (C=O) groups is 2. The van der Waals surface area contributed by atoms with Crippen LogP contribution in [0.25, 0.3) is 11.8 Å². The summed E-state index contributed by atoms with van der Waals surface area (Å²) >= 11 is 2.47. The van der Waals surface area contributed by atoms with E-state index in [0.717, 1.165) is 16.8 Å². The fourth-order valence-electron chi connectivity index (χ4n) is 5.22. The molecule has 0 aromatic heterocycles. The fraction of sp³-hybridized carbons (Fsp3) is 0.391. The van der Waals surface area contributed by atoms with Crippen LogP contribution in [0.4, 0.5) is 0 Å². The predicted octanol–water partition coefficient (Wildman–Crippen LogP) is 5.36. The van der Waals surface area contributed by atoms with Crippen LogP contribution in [0, 0.1) is 0 Å². The molecule has 0 saturated carbocycles. The Morgan fingerprint density at radius 2 is 1.90 bits per heavy atom. The van der Waals surface area contributed by atoms with Crippen molar-refractivity contribution in [2.24, 2.45) is 0 Å². The fourth-order valence-corrected chi connectivity index (χ4v) is 15.2. The minimum atomic E-state index is -3.25. The summed E-state index contributed by atoms with van der Waals surface area (Å²) in [5.74, 6) is -0.581. The molecule has 30 heavy (non-hydrogen) atoms. The number of rotatable bonds is 4. The van der Waals surface area contributed by atoms with E-state index >= 15 is 0 Å². The second-order valence-corrected chi connectivity index (χ2v) is 20.9. The molecule has 0 fully saturated rings. The average Bonchev–Trinajstić information content (AvgIpc) is 2.89. The Bertz CT molecular complexity index is 1040. The Hall–Kier alpha value is -1.66.